The van der Waals surface area contributed by atoms with Gasteiger partial charge in [0.05, 0.1) is 10.9 Å². The Bertz CT molecular complexity index is 777. The summed E-state index contributed by atoms with van der Waals surface area (Å²) in [4.78, 5) is 29.5. The van der Waals surface area contributed by atoms with E-state index in [0.29, 0.717) is 18.7 Å². The Morgan fingerprint density at radius 3 is 2.88 bits per heavy atom. The van der Waals surface area contributed by atoms with Crippen molar-refractivity contribution in [2.45, 2.75) is 13.3 Å². The number of likely N-dealkylation sites (tertiary alicyclic amines) is 1. The van der Waals surface area contributed by atoms with Gasteiger partial charge in [-0.2, -0.15) is 0 Å². The Kier molecular flexibility index (Phi) is 4.62. The van der Waals surface area contributed by atoms with Gasteiger partial charge in [-0.3, -0.25) is 9.59 Å². The maximum absolute atomic E-state index is 13.2. The predicted octanol–water partition coefficient (Wildman–Crippen LogP) is 2.67. The topological polar surface area (TPSA) is 70.5 Å². The molecule has 7 heteroatoms. The van der Waals surface area contributed by atoms with Crippen molar-refractivity contribution in [2.24, 2.45) is 11.8 Å². The lowest BCUT2D eigenvalue weighted by Gasteiger charge is -2.13. The first-order valence-electron chi connectivity index (χ1n) is 7.65. The summed E-state index contributed by atoms with van der Waals surface area (Å²) in [6, 6.07) is 6.28. The lowest BCUT2D eigenvalue weighted by atomic mass is 9.99. The van der Waals surface area contributed by atoms with Gasteiger partial charge in [0.1, 0.15) is 11.5 Å². The Labute approximate surface area is 142 Å². The molecule has 2 heterocycles. The molecule has 1 aromatic heterocycles. The molecule has 0 radical (unpaired) electrons. The number of hydrogen-bond acceptors (Lipinski definition) is 4. The molecule has 5 nitrogen and oxygen atoms in total. The summed E-state index contributed by atoms with van der Waals surface area (Å²) in [5.74, 6) is -2.02. The summed E-state index contributed by atoms with van der Waals surface area (Å²) in [6.07, 6.45) is 0.462. The molecule has 0 spiro atoms. The molecule has 2 aromatic rings. The minimum absolute atomic E-state index is 0.0724. The quantitative estimate of drug-likeness (QED) is 0.922. The summed E-state index contributed by atoms with van der Waals surface area (Å²) in [5.41, 5.74) is 1.12. The van der Waals surface area contributed by atoms with Crippen LogP contribution in [0.1, 0.15) is 28.0 Å². The molecule has 1 N–H and O–H groups in total. The van der Waals surface area contributed by atoms with E-state index in [4.69, 9.17) is 5.11 Å². The van der Waals surface area contributed by atoms with Crippen LogP contribution in [0.5, 0.6) is 0 Å². The number of amides is 1. The van der Waals surface area contributed by atoms with Gasteiger partial charge in [-0.05, 0) is 23.6 Å². The lowest BCUT2D eigenvalue weighted by Crippen LogP contribution is -2.30. The molecule has 0 aliphatic carbocycles. The zero-order valence-corrected chi connectivity index (χ0v) is 13.9. The van der Waals surface area contributed by atoms with Crippen LogP contribution in [0.4, 0.5) is 4.39 Å². The summed E-state index contributed by atoms with van der Waals surface area (Å²) < 4.78 is 13.2. The van der Waals surface area contributed by atoms with Crippen molar-refractivity contribution in [2.75, 3.05) is 13.1 Å². The first-order chi connectivity index (χ1) is 11.4. The number of thiazole rings is 1. The van der Waals surface area contributed by atoms with Gasteiger partial charge in [-0.25, -0.2) is 9.37 Å². The molecule has 24 heavy (non-hydrogen) atoms. The summed E-state index contributed by atoms with van der Waals surface area (Å²) in [6.45, 7) is 2.47. The first kappa shape index (κ1) is 16.6. The van der Waals surface area contributed by atoms with Gasteiger partial charge >= 0.3 is 5.97 Å². The number of nitrogens with zero attached hydrogens (tertiary/aromatic N) is 2. The van der Waals surface area contributed by atoms with Crippen molar-refractivity contribution < 1.29 is 19.1 Å². The second-order valence-corrected chi connectivity index (χ2v) is 7.01. The molecule has 1 saturated heterocycles. The monoisotopic (exact) mass is 348 g/mol. The number of hydrogen-bond donors (Lipinski definition) is 1. The van der Waals surface area contributed by atoms with E-state index in [9.17, 15) is 14.0 Å². The van der Waals surface area contributed by atoms with Crippen LogP contribution in [0.3, 0.4) is 0 Å². The average Bonchev–Trinajstić information content (AvgIpc) is 3.13. The van der Waals surface area contributed by atoms with E-state index in [-0.39, 0.29) is 24.2 Å². The highest BCUT2D eigenvalue weighted by atomic mass is 32.1. The van der Waals surface area contributed by atoms with Gasteiger partial charge in [-0.15, -0.1) is 11.3 Å². The smallest absolute Gasteiger partial charge is 0.308 e. The zero-order chi connectivity index (χ0) is 17.3. The van der Waals surface area contributed by atoms with Crippen LogP contribution < -0.4 is 0 Å². The fourth-order valence-electron chi connectivity index (χ4n) is 2.93. The van der Waals surface area contributed by atoms with E-state index < -0.39 is 11.9 Å². The van der Waals surface area contributed by atoms with E-state index in [1.54, 1.807) is 16.3 Å². The minimum Gasteiger partial charge on any atom is -0.481 e. The Balaban J connectivity index is 1.69. The van der Waals surface area contributed by atoms with E-state index >= 15 is 0 Å². The molecular weight excluding hydrogens is 331 g/mol. The van der Waals surface area contributed by atoms with E-state index in [1.807, 2.05) is 13.0 Å². The molecule has 1 aliphatic heterocycles. The number of carboxylic acids is 1. The summed E-state index contributed by atoms with van der Waals surface area (Å²) >= 11 is 1.35. The Morgan fingerprint density at radius 2 is 2.21 bits per heavy atom. The van der Waals surface area contributed by atoms with Gasteiger partial charge in [0.2, 0.25) is 0 Å². The molecule has 1 fully saturated rings. The first-order valence-corrected chi connectivity index (χ1v) is 8.53. The van der Waals surface area contributed by atoms with Crippen molar-refractivity contribution in [1.82, 2.24) is 9.88 Å². The van der Waals surface area contributed by atoms with Gasteiger partial charge in [0.25, 0.3) is 5.91 Å². The van der Waals surface area contributed by atoms with Crippen molar-refractivity contribution in [3.63, 3.8) is 0 Å². The maximum atomic E-state index is 13.2. The third-order valence-electron chi connectivity index (χ3n) is 4.23. The number of benzene rings is 1. The lowest BCUT2D eigenvalue weighted by molar-refractivity contribution is -0.142. The molecule has 0 unspecified atom stereocenters. The Hall–Kier alpha value is -2.28. The zero-order valence-electron chi connectivity index (χ0n) is 13.1. The van der Waals surface area contributed by atoms with Crippen LogP contribution in [0.15, 0.2) is 29.6 Å². The number of halogens is 1. The molecule has 1 aromatic carbocycles. The fraction of sp³-hybridized carbons (Fsp3) is 0.353. The van der Waals surface area contributed by atoms with Crippen molar-refractivity contribution in [1.29, 1.82) is 0 Å². The van der Waals surface area contributed by atoms with Gasteiger partial charge in [-0.1, -0.05) is 19.1 Å². The van der Waals surface area contributed by atoms with E-state index in [0.717, 1.165) is 10.6 Å². The van der Waals surface area contributed by atoms with Crippen molar-refractivity contribution in [3.8, 4) is 0 Å². The highest BCUT2D eigenvalue weighted by Crippen LogP contribution is 2.25. The molecular formula is C17H17FN2O3S. The van der Waals surface area contributed by atoms with E-state index in [1.165, 1.54) is 23.5 Å². The largest absolute Gasteiger partial charge is 0.481 e. The second-order valence-electron chi connectivity index (χ2n) is 6.07. The fourth-order valence-corrected chi connectivity index (χ4v) is 3.73. The van der Waals surface area contributed by atoms with Crippen LogP contribution in [-0.4, -0.2) is 40.0 Å². The van der Waals surface area contributed by atoms with Gasteiger partial charge in [0.15, 0.2) is 0 Å². The number of aliphatic carboxylic acids is 1. The Morgan fingerprint density at radius 1 is 1.42 bits per heavy atom. The summed E-state index contributed by atoms with van der Waals surface area (Å²) in [5, 5.41) is 11.6. The number of rotatable bonds is 4. The SMILES string of the molecule is C[C@@H]1CN(C(=O)c2csc(Cc3cccc(F)c3)n2)C[C@H]1C(=O)O. The molecule has 3 rings (SSSR count). The van der Waals surface area contributed by atoms with Crippen LogP contribution in [-0.2, 0) is 11.2 Å². The third kappa shape index (κ3) is 3.46. The average molecular weight is 348 g/mol. The van der Waals surface area contributed by atoms with Crippen LogP contribution in [0.25, 0.3) is 0 Å². The highest BCUT2D eigenvalue weighted by Gasteiger charge is 2.37. The number of aromatic nitrogens is 1. The van der Waals surface area contributed by atoms with Gasteiger partial charge in [0, 0.05) is 24.9 Å². The van der Waals surface area contributed by atoms with Gasteiger partial charge < -0.3 is 10.0 Å². The van der Waals surface area contributed by atoms with Crippen LogP contribution in [0.2, 0.25) is 0 Å². The number of carbonyl (C=O) groups is 2. The number of carbonyl (C=O) groups excluding carboxylic acids is 1. The van der Waals surface area contributed by atoms with Crippen LogP contribution in [0, 0.1) is 17.7 Å². The van der Waals surface area contributed by atoms with Crippen LogP contribution >= 0.6 is 11.3 Å². The minimum atomic E-state index is -0.872. The standard InChI is InChI=1S/C17H17FN2O3S/c1-10-7-20(8-13(10)17(22)23)16(21)14-9-24-15(19-14)6-11-3-2-4-12(18)5-11/h2-5,9-10,13H,6-8H2,1H3,(H,22,23)/t10-,13-/m1/s1. The normalized spacial score (nSPS) is 20.3. The third-order valence-corrected chi connectivity index (χ3v) is 5.08. The van der Waals surface area contributed by atoms with Crippen molar-refractivity contribution in [3.05, 3.63) is 51.7 Å². The maximum Gasteiger partial charge on any atom is 0.308 e. The predicted molar refractivity (Wildman–Crippen MR) is 87.5 cm³/mol. The molecule has 0 bridgehead atoms. The number of carboxylic acid groups (broad SMARTS) is 1. The molecule has 0 saturated carbocycles. The molecule has 1 aliphatic rings. The van der Waals surface area contributed by atoms with E-state index in [2.05, 4.69) is 4.98 Å². The second kappa shape index (κ2) is 6.68. The molecule has 126 valence electrons. The van der Waals surface area contributed by atoms with Crippen molar-refractivity contribution >= 4 is 23.2 Å². The summed E-state index contributed by atoms with van der Waals surface area (Å²) in [7, 11) is 0. The highest BCUT2D eigenvalue weighted by molar-refractivity contribution is 7.09. The molecule has 2 atom stereocenters. The molecule has 1 amide bonds.